The Kier molecular flexibility index (Phi) is 3.11. The molecule has 4 heteroatoms. The molecule has 0 amide bonds. The van der Waals surface area contributed by atoms with Gasteiger partial charge in [0.1, 0.15) is 0 Å². The quantitative estimate of drug-likeness (QED) is 0.896. The van der Waals surface area contributed by atoms with Crippen molar-refractivity contribution in [1.29, 1.82) is 0 Å². The first-order chi connectivity index (χ1) is 9.21. The van der Waals surface area contributed by atoms with E-state index in [1.54, 1.807) is 0 Å². The Balaban J connectivity index is 2.06. The smallest absolute Gasteiger partial charge is 0.0994 e. The largest absolute Gasteiger partial charge is 0.317 e. The van der Waals surface area contributed by atoms with E-state index in [9.17, 15) is 0 Å². The van der Waals surface area contributed by atoms with Crippen LogP contribution in [-0.4, -0.2) is 27.6 Å². The zero-order valence-electron chi connectivity index (χ0n) is 11.6. The summed E-state index contributed by atoms with van der Waals surface area (Å²) in [4.78, 5) is 8.62. The van der Waals surface area contributed by atoms with Crippen molar-refractivity contribution in [3.05, 3.63) is 42.2 Å². The van der Waals surface area contributed by atoms with E-state index in [4.69, 9.17) is 0 Å². The van der Waals surface area contributed by atoms with Crippen molar-refractivity contribution in [3.63, 3.8) is 0 Å². The molecule has 0 saturated carbocycles. The van der Waals surface area contributed by atoms with Crippen LogP contribution in [0.4, 0.5) is 0 Å². The molecule has 1 aliphatic rings. The van der Waals surface area contributed by atoms with Gasteiger partial charge in [-0.15, -0.1) is 0 Å². The standard InChI is InChI=1S/C15H20N4/c1-12-3-6-17-9-13(12)19-11-18-10-14(19)15(2)4-7-16-8-5-15/h3,6,9-11,16H,4-5,7-8H2,1-2H3. The second kappa shape index (κ2) is 4.78. The van der Waals surface area contributed by atoms with Crippen molar-refractivity contribution in [2.75, 3.05) is 13.1 Å². The van der Waals surface area contributed by atoms with Gasteiger partial charge in [0, 0.05) is 23.5 Å². The Morgan fingerprint density at radius 2 is 2.00 bits per heavy atom. The maximum atomic E-state index is 4.37. The molecule has 0 atom stereocenters. The summed E-state index contributed by atoms with van der Waals surface area (Å²) in [7, 11) is 0. The molecule has 19 heavy (non-hydrogen) atoms. The predicted octanol–water partition coefficient (Wildman–Crippen LogP) is 2.22. The number of hydrogen-bond acceptors (Lipinski definition) is 3. The number of aryl methyl sites for hydroxylation is 1. The van der Waals surface area contributed by atoms with Gasteiger partial charge < -0.3 is 9.88 Å². The zero-order chi connectivity index (χ0) is 13.3. The second-order valence-electron chi connectivity index (χ2n) is 5.62. The van der Waals surface area contributed by atoms with Crippen molar-refractivity contribution < 1.29 is 0 Å². The summed E-state index contributed by atoms with van der Waals surface area (Å²) in [5, 5.41) is 3.43. The number of piperidine rings is 1. The number of hydrogen-bond donors (Lipinski definition) is 1. The summed E-state index contributed by atoms with van der Waals surface area (Å²) in [6.45, 7) is 6.61. The first-order valence-electron chi connectivity index (χ1n) is 6.85. The molecule has 0 bridgehead atoms. The maximum absolute atomic E-state index is 4.37. The van der Waals surface area contributed by atoms with Gasteiger partial charge in [-0.1, -0.05) is 6.92 Å². The van der Waals surface area contributed by atoms with Gasteiger partial charge in [-0.25, -0.2) is 4.98 Å². The van der Waals surface area contributed by atoms with Crippen LogP contribution in [0.2, 0.25) is 0 Å². The van der Waals surface area contributed by atoms with Crippen LogP contribution in [-0.2, 0) is 5.41 Å². The van der Waals surface area contributed by atoms with E-state index >= 15 is 0 Å². The fourth-order valence-corrected chi connectivity index (χ4v) is 2.88. The van der Waals surface area contributed by atoms with Crippen LogP contribution in [0.3, 0.4) is 0 Å². The third-order valence-electron chi connectivity index (χ3n) is 4.23. The molecule has 0 spiro atoms. The van der Waals surface area contributed by atoms with Crippen LogP contribution in [0.5, 0.6) is 0 Å². The van der Waals surface area contributed by atoms with E-state index in [-0.39, 0.29) is 5.41 Å². The number of aromatic nitrogens is 3. The molecule has 1 aliphatic heterocycles. The Bertz CT molecular complexity index is 567. The van der Waals surface area contributed by atoms with Gasteiger partial charge in [0.2, 0.25) is 0 Å². The molecule has 1 N–H and O–H groups in total. The molecule has 0 unspecified atom stereocenters. The Hall–Kier alpha value is -1.68. The third-order valence-corrected chi connectivity index (χ3v) is 4.23. The van der Waals surface area contributed by atoms with E-state index in [2.05, 4.69) is 33.7 Å². The van der Waals surface area contributed by atoms with Gasteiger partial charge in [-0.3, -0.25) is 4.98 Å². The van der Waals surface area contributed by atoms with E-state index in [0.29, 0.717) is 0 Å². The summed E-state index contributed by atoms with van der Waals surface area (Å²) in [5.41, 5.74) is 3.86. The van der Waals surface area contributed by atoms with Crippen LogP contribution >= 0.6 is 0 Å². The maximum Gasteiger partial charge on any atom is 0.0994 e. The normalized spacial score (nSPS) is 18.4. The van der Waals surface area contributed by atoms with Gasteiger partial charge >= 0.3 is 0 Å². The topological polar surface area (TPSA) is 42.7 Å². The van der Waals surface area contributed by atoms with E-state index in [0.717, 1.165) is 31.6 Å². The summed E-state index contributed by atoms with van der Waals surface area (Å²) in [6.07, 6.45) is 9.98. The lowest BCUT2D eigenvalue weighted by Gasteiger charge is -2.34. The van der Waals surface area contributed by atoms with Crippen LogP contribution in [0.15, 0.2) is 31.0 Å². The Morgan fingerprint density at radius 1 is 1.21 bits per heavy atom. The number of rotatable bonds is 2. The van der Waals surface area contributed by atoms with E-state index < -0.39 is 0 Å². The number of nitrogens with zero attached hydrogens (tertiary/aromatic N) is 3. The van der Waals surface area contributed by atoms with E-state index in [1.807, 2.05) is 31.0 Å². The molecule has 0 aliphatic carbocycles. The lowest BCUT2D eigenvalue weighted by Crippen LogP contribution is -2.38. The van der Waals surface area contributed by atoms with Crippen molar-refractivity contribution in [3.8, 4) is 5.69 Å². The highest BCUT2D eigenvalue weighted by Gasteiger charge is 2.32. The average molecular weight is 256 g/mol. The van der Waals surface area contributed by atoms with Gasteiger partial charge in [0.05, 0.1) is 18.2 Å². The lowest BCUT2D eigenvalue weighted by atomic mass is 9.78. The van der Waals surface area contributed by atoms with Crippen molar-refractivity contribution in [2.24, 2.45) is 0 Å². The lowest BCUT2D eigenvalue weighted by molar-refractivity contribution is 0.324. The van der Waals surface area contributed by atoms with E-state index in [1.165, 1.54) is 11.3 Å². The fourth-order valence-electron chi connectivity index (χ4n) is 2.88. The summed E-state index contributed by atoms with van der Waals surface area (Å²) in [6, 6.07) is 2.05. The molecule has 100 valence electrons. The van der Waals surface area contributed by atoms with Gasteiger partial charge in [0.25, 0.3) is 0 Å². The van der Waals surface area contributed by atoms with Crippen LogP contribution < -0.4 is 5.32 Å². The minimum Gasteiger partial charge on any atom is -0.317 e. The van der Waals surface area contributed by atoms with Crippen molar-refractivity contribution in [1.82, 2.24) is 19.9 Å². The summed E-state index contributed by atoms with van der Waals surface area (Å²) < 4.78 is 2.20. The molecule has 0 radical (unpaired) electrons. The molecular weight excluding hydrogens is 236 g/mol. The number of pyridine rings is 1. The molecule has 3 rings (SSSR count). The molecule has 0 aromatic carbocycles. The zero-order valence-corrected chi connectivity index (χ0v) is 11.6. The number of nitrogens with one attached hydrogen (secondary N) is 1. The molecule has 1 fully saturated rings. The highest BCUT2D eigenvalue weighted by molar-refractivity contribution is 5.40. The SMILES string of the molecule is Cc1ccncc1-n1cncc1C1(C)CCNCC1. The molecule has 2 aromatic rings. The highest BCUT2D eigenvalue weighted by Crippen LogP contribution is 2.34. The first kappa shape index (κ1) is 12.4. The molecule has 3 heterocycles. The Morgan fingerprint density at radius 3 is 2.74 bits per heavy atom. The van der Waals surface area contributed by atoms with Crippen molar-refractivity contribution in [2.45, 2.75) is 32.1 Å². The van der Waals surface area contributed by atoms with Crippen LogP contribution in [0.1, 0.15) is 31.0 Å². The first-order valence-corrected chi connectivity index (χ1v) is 6.85. The highest BCUT2D eigenvalue weighted by atomic mass is 15.1. The van der Waals surface area contributed by atoms with Gasteiger partial charge in [-0.05, 0) is 44.5 Å². The number of imidazole rings is 1. The summed E-state index contributed by atoms with van der Waals surface area (Å²) >= 11 is 0. The van der Waals surface area contributed by atoms with Crippen LogP contribution in [0.25, 0.3) is 5.69 Å². The average Bonchev–Trinajstić information content (AvgIpc) is 2.90. The molecule has 4 nitrogen and oxygen atoms in total. The third kappa shape index (κ3) is 2.16. The van der Waals surface area contributed by atoms with Gasteiger partial charge in [-0.2, -0.15) is 0 Å². The predicted molar refractivity (Wildman–Crippen MR) is 75.6 cm³/mol. The van der Waals surface area contributed by atoms with Gasteiger partial charge in [0.15, 0.2) is 0 Å². The monoisotopic (exact) mass is 256 g/mol. The van der Waals surface area contributed by atoms with Crippen LogP contribution in [0, 0.1) is 6.92 Å². The minimum atomic E-state index is 0.198. The summed E-state index contributed by atoms with van der Waals surface area (Å²) in [5.74, 6) is 0. The minimum absolute atomic E-state index is 0.198. The van der Waals surface area contributed by atoms with Crippen molar-refractivity contribution >= 4 is 0 Å². The molecule has 1 saturated heterocycles. The second-order valence-corrected chi connectivity index (χ2v) is 5.62. The fraction of sp³-hybridized carbons (Fsp3) is 0.467. The molecule has 2 aromatic heterocycles. The Labute approximate surface area is 113 Å². The molecular formula is C15H20N4.